The van der Waals surface area contributed by atoms with Crippen LogP contribution in [-0.4, -0.2) is 12.6 Å². The third kappa shape index (κ3) is 2.78. The van der Waals surface area contributed by atoms with Gasteiger partial charge in [0.2, 0.25) is 0 Å². The second-order valence-electron chi connectivity index (χ2n) is 3.52. The van der Waals surface area contributed by atoms with Crippen molar-refractivity contribution in [2.24, 2.45) is 0 Å². The molecule has 0 radical (unpaired) electrons. The van der Waals surface area contributed by atoms with E-state index in [9.17, 15) is 13.6 Å². The van der Waals surface area contributed by atoms with Gasteiger partial charge in [0.05, 0.1) is 12.2 Å². The van der Waals surface area contributed by atoms with Gasteiger partial charge in [0.15, 0.2) is 11.6 Å². The summed E-state index contributed by atoms with van der Waals surface area (Å²) >= 11 is 0. The highest BCUT2D eigenvalue weighted by Gasteiger charge is 2.16. The van der Waals surface area contributed by atoms with Gasteiger partial charge < -0.3 is 4.74 Å². The van der Waals surface area contributed by atoms with E-state index in [1.165, 1.54) is 13.0 Å². The summed E-state index contributed by atoms with van der Waals surface area (Å²) in [6.45, 7) is 3.62. The summed E-state index contributed by atoms with van der Waals surface area (Å²) in [5, 5.41) is 0. The van der Waals surface area contributed by atoms with Crippen LogP contribution in [-0.2, 0) is 4.74 Å². The molecule has 0 fully saturated rings. The Balaban J connectivity index is 2.80. The third-order valence-electron chi connectivity index (χ3n) is 2.29. The molecule has 0 atom stereocenters. The first-order valence-electron chi connectivity index (χ1n) is 5.19. The molecule has 1 rings (SSSR count). The van der Waals surface area contributed by atoms with Crippen LogP contribution in [0.25, 0.3) is 0 Å². The van der Waals surface area contributed by atoms with E-state index in [0.717, 1.165) is 18.9 Å². The zero-order valence-corrected chi connectivity index (χ0v) is 9.35. The highest BCUT2D eigenvalue weighted by molar-refractivity contribution is 5.91. The van der Waals surface area contributed by atoms with Crippen LogP contribution in [0.1, 0.15) is 35.7 Å². The minimum Gasteiger partial charge on any atom is -0.462 e. The van der Waals surface area contributed by atoms with Crippen LogP contribution >= 0.6 is 0 Å². The Morgan fingerprint density at radius 3 is 2.69 bits per heavy atom. The van der Waals surface area contributed by atoms with Gasteiger partial charge in [0, 0.05) is 5.56 Å². The molecule has 0 saturated carbocycles. The van der Waals surface area contributed by atoms with Crippen LogP contribution < -0.4 is 0 Å². The number of unbranched alkanes of at least 4 members (excludes halogenated alkanes) is 1. The predicted molar refractivity (Wildman–Crippen MR) is 56.3 cm³/mol. The van der Waals surface area contributed by atoms with E-state index in [1.54, 1.807) is 0 Å². The Hall–Kier alpha value is -1.45. The Bertz CT molecular complexity index is 389. The number of carbonyl (C=O) groups excluding carboxylic acids is 1. The lowest BCUT2D eigenvalue weighted by Crippen LogP contribution is -2.09. The molecular weight excluding hydrogens is 214 g/mol. The first-order valence-corrected chi connectivity index (χ1v) is 5.19. The molecule has 1 aromatic carbocycles. The van der Waals surface area contributed by atoms with E-state index in [0.29, 0.717) is 6.61 Å². The van der Waals surface area contributed by atoms with Crippen molar-refractivity contribution in [3.8, 4) is 0 Å². The van der Waals surface area contributed by atoms with Gasteiger partial charge in [-0.2, -0.15) is 0 Å². The standard InChI is InChI=1S/C12H14F2O2/c1-3-4-7-16-12(15)9-5-6-10(13)11(14)8(9)2/h5-6H,3-4,7H2,1-2H3. The molecule has 2 nitrogen and oxygen atoms in total. The summed E-state index contributed by atoms with van der Waals surface area (Å²) in [7, 11) is 0. The predicted octanol–water partition coefficient (Wildman–Crippen LogP) is 3.23. The number of hydrogen-bond donors (Lipinski definition) is 0. The minimum atomic E-state index is -0.995. The normalized spacial score (nSPS) is 10.2. The maximum Gasteiger partial charge on any atom is 0.338 e. The average molecular weight is 228 g/mol. The largest absolute Gasteiger partial charge is 0.462 e. The second-order valence-corrected chi connectivity index (χ2v) is 3.52. The fourth-order valence-electron chi connectivity index (χ4n) is 1.26. The Labute approximate surface area is 93.2 Å². The van der Waals surface area contributed by atoms with Crippen molar-refractivity contribution in [3.63, 3.8) is 0 Å². The van der Waals surface area contributed by atoms with E-state index in [-0.39, 0.29) is 11.1 Å². The molecule has 0 heterocycles. The van der Waals surface area contributed by atoms with E-state index in [2.05, 4.69) is 0 Å². The highest BCUT2D eigenvalue weighted by Crippen LogP contribution is 2.16. The molecule has 0 aliphatic rings. The first kappa shape index (κ1) is 12.6. The van der Waals surface area contributed by atoms with Gasteiger partial charge in [0.1, 0.15) is 0 Å². The summed E-state index contributed by atoms with van der Waals surface area (Å²) in [4.78, 5) is 11.5. The molecule has 1 aromatic rings. The van der Waals surface area contributed by atoms with E-state index in [1.807, 2.05) is 6.92 Å². The van der Waals surface area contributed by atoms with Crippen molar-refractivity contribution < 1.29 is 18.3 Å². The Kier molecular flexibility index (Phi) is 4.40. The third-order valence-corrected chi connectivity index (χ3v) is 2.29. The van der Waals surface area contributed by atoms with Crippen LogP contribution in [0.4, 0.5) is 8.78 Å². The number of hydrogen-bond acceptors (Lipinski definition) is 2. The topological polar surface area (TPSA) is 26.3 Å². The van der Waals surface area contributed by atoms with Crippen LogP contribution in [0.5, 0.6) is 0 Å². The lowest BCUT2D eigenvalue weighted by Gasteiger charge is -2.07. The van der Waals surface area contributed by atoms with Crippen molar-refractivity contribution in [1.29, 1.82) is 0 Å². The number of esters is 1. The van der Waals surface area contributed by atoms with Gasteiger partial charge in [-0.3, -0.25) is 0 Å². The number of rotatable bonds is 4. The van der Waals surface area contributed by atoms with Gasteiger partial charge in [-0.1, -0.05) is 13.3 Å². The molecule has 0 aliphatic carbocycles. The molecule has 0 aliphatic heterocycles. The molecule has 0 saturated heterocycles. The molecule has 0 bridgehead atoms. The summed E-state index contributed by atoms with van der Waals surface area (Å²) < 4.78 is 30.9. The number of benzene rings is 1. The summed E-state index contributed by atoms with van der Waals surface area (Å²) in [6.07, 6.45) is 1.67. The quantitative estimate of drug-likeness (QED) is 0.584. The van der Waals surface area contributed by atoms with E-state index >= 15 is 0 Å². The minimum absolute atomic E-state index is 0.0125. The van der Waals surface area contributed by atoms with E-state index < -0.39 is 17.6 Å². The van der Waals surface area contributed by atoms with Crippen molar-refractivity contribution in [1.82, 2.24) is 0 Å². The molecule has 88 valence electrons. The zero-order valence-electron chi connectivity index (χ0n) is 9.35. The molecular formula is C12H14F2O2. The molecule has 0 N–H and O–H groups in total. The lowest BCUT2D eigenvalue weighted by molar-refractivity contribution is 0.0498. The second kappa shape index (κ2) is 5.58. The molecule has 16 heavy (non-hydrogen) atoms. The van der Waals surface area contributed by atoms with Crippen LogP contribution in [0.15, 0.2) is 12.1 Å². The maximum atomic E-state index is 13.2. The number of halogens is 2. The van der Waals surface area contributed by atoms with Crippen LogP contribution in [0, 0.1) is 18.6 Å². The Morgan fingerprint density at radius 1 is 1.38 bits per heavy atom. The molecule has 0 spiro atoms. The average Bonchev–Trinajstić information content (AvgIpc) is 2.26. The zero-order chi connectivity index (χ0) is 12.1. The van der Waals surface area contributed by atoms with E-state index in [4.69, 9.17) is 4.74 Å². The van der Waals surface area contributed by atoms with Crippen molar-refractivity contribution >= 4 is 5.97 Å². The van der Waals surface area contributed by atoms with Crippen LogP contribution in [0.2, 0.25) is 0 Å². The number of carbonyl (C=O) groups is 1. The monoisotopic (exact) mass is 228 g/mol. The smallest absolute Gasteiger partial charge is 0.338 e. The van der Waals surface area contributed by atoms with Crippen molar-refractivity contribution in [2.75, 3.05) is 6.61 Å². The fourth-order valence-corrected chi connectivity index (χ4v) is 1.26. The Morgan fingerprint density at radius 2 is 2.06 bits per heavy atom. The number of ether oxygens (including phenoxy) is 1. The maximum absolute atomic E-state index is 13.2. The molecule has 0 aromatic heterocycles. The molecule has 4 heteroatoms. The van der Waals surface area contributed by atoms with Crippen LogP contribution in [0.3, 0.4) is 0 Å². The van der Waals surface area contributed by atoms with Gasteiger partial charge in [0.25, 0.3) is 0 Å². The lowest BCUT2D eigenvalue weighted by atomic mass is 10.1. The summed E-state index contributed by atoms with van der Waals surface area (Å²) in [5.41, 5.74) is 0.0662. The fraction of sp³-hybridized carbons (Fsp3) is 0.417. The van der Waals surface area contributed by atoms with Gasteiger partial charge in [-0.25, -0.2) is 13.6 Å². The first-order chi connectivity index (χ1) is 7.57. The van der Waals surface area contributed by atoms with Crippen molar-refractivity contribution in [3.05, 3.63) is 34.9 Å². The van der Waals surface area contributed by atoms with Crippen molar-refractivity contribution in [2.45, 2.75) is 26.7 Å². The van der Waals surface area contributed by atoms with Gasteiger partial charge in [-0.05, 0) is 25.5 Å². The summed E-state index contributed by atoms with van der Waals surface area (Å²) in [6, 6.07) is 2.17. The SMILES string of the molecule is CCCCOC(=O)c1ccc(F)c(F)c1C. The van der Waals surface area contributed by atoms with Gasteiger partial charge in [-0.15, -0.1) is 0 Å². The highest BCUT2D eigenvalue weighted by atomic mass is 19.2. The molecule has 0 amide bonds. The van der Waals surface area contributed by atoms with Gasteiger partial charge >= 0.3 is 5.97 Å². The summed E-state index contributed by atoms with van der Waals surface area (Å²) in [5.74, 6) is -2.56. The molecule has 0 unspecified atom stereocenters.